The molecule has 162 valence electrons. The molecule has 0 bridgehead atoms. The lowest BCUT2D eigenvalue weighted by Gasteiger charge is -2.31. The molecular weight excluding hydrogens is 430 g/mol. The molecule has 7 heteroatoms. The molecule has 31 heavy (non-hydrogen) atoms. The molecule has 3 aromatic rings. The van der Waals surface area contributed by atoms with E-state index in [4.69, 9.17) is 11.6 Å². The first-order valence-corrected chi connectivity index (χ1v) is 12.1. The van der Waals surface area contributed by atoms with Gasteiger partial charge in [0.1, 0.15) is 0 Å². The van der Waals surface area contributed by atoms with E-state index in [2.05, 4.69) is 46.0 Å². The smallest absolute Gasteiger partial charge is 0.240 e. The number of benzene rings is 3. The molecule has 1 unspecified atom stereocenters. The van der Waals surface area contributed by atoms with Crippen molar-refractivity contribution in [1.82, 2.24) is 4.72 Å². The molecule has 0 radical (unpaired) electrons. The highest BCUT2D eigenvalue weighted by Crippen LogP contribution is 2.35. The topological polar surface area (TPSA) is 52.7 Å². The van der Waals surface area contributed by atoms with E-state index in [0.717, 1.165) is 29.9 Å². The molecule has 1 aliphatic heterocycles. The molecule has 0 fully saturated rings. The van der Waals surface area contributed by atoms with Crippen LogP contribution in [0.3, 0.4) is 0 Å². The van der Waals surface area contributed by atoms with E-state index in [1.807, 2.05) is 31.1 Å². The van der Waals surface area contributed by atoms with Crippen molar-refractivity contribution in [3.05, 3.63) is 88.9 Å². The fourth-order valence-corrected chi connectivity index (χ4v) is 5.34. The largest absolute Gasteiger partial charge is 0.378 e. The van der Waals surface area contributed by atoms with Crippen molar-refractivity contribution in [2.45, 2.75) is 17.4 Å². The van der Waals surface area contributed by atoms with Gasteiger partial charge in [-0.2, -0.15) is 0 Å². The SMILES string of the molecule is CN(C)c1ccc(C(CNS(=O)(=O)c2cccc(Cl)c2)N2CCc3ccccc32)cc1. The quantitative estimate of drug-likeness (QED) is 0.570. The first-order valence-electron chi connectivity index (χ1n) is 10.2. The van der Waals surface area contributed by atoms with Crippen molar-refractivity contribution in [3.8, 4) is 0 Å². The summed E-state index contributed by atoms with van der Waals surface area (Å²) in [5.41, 5.74) is 4.61. The van der Waals surface area contributed by atoms with Gasteiger partial charge < -0.3 is 9.80 Å². The molecule has 5 nitrogen and oxygen atoms in total. The Morgan fingerprint density at radius 3 is 2.48 bits per heavy atom. The highest BCUT2D eigenvalue weighted by Gasteiger charge is 2.28. The highest BCUT2D eigenvalue weighted by atomic mass is 35.5. The van der Waals surface area contributed by atoms with Crippen LogP contribution in [0.4, 0.5) is 11.4 Å². The molecule has 0 aliphatic carbocycles. The molecule has 0 saturated heterocycles. The van der Waals surface area contributed by atoms with Gasteiger partial charge in [-0.3, -0.25) is 0 Å². The van der Waals surface area contributed by atoms with E-state index < -0.39 is 10.0 Å². The van der Waals surface area contributed by atoms with Crippen LogP contribution in [-0.4, -0.2) is 35.6 Å². The minimum Gasteiger partial charge on any atom is -0.378 e. The van der Waals surface area contributed by atoms with Gasteiger partial charge in [-0.05, 0) is 53.9 Å². The molecule has 1 N–H and O–H groups in total. The van der Waals surface area contributed by atoms with E-state index in [1.165, 1.54) is 11.6 Å². The van der Waals surface area contributed by atoms with E-state index >= 15 is 0 Å². The second-order valence-electron chi connectivity index (χ2n) is 7.88. The Labute approximate surface area is 189 Å². The summed E-state index contributed by atoms with van der Waals surface area (Å²) in [6.45, 7) is 1.10. The van der Waals surface area contributed by atoms with Crippen LogP contribution < -0.4 is 14.5 Å². The maximum Gasteiger partial charge on any atom is 0.240 e. The van der Waals surface area contributed by atoms with Crippen molar-refractivity contribution >= 4 is 33.0 Å². The first kappa shape index (κ1) is 21.7. The lowest BCUT2D eigenvalue weighted by molar-refractivity contribution is 0.563. The lowest BCUT2D eigenvalue weighted by atomic mass is 10.0. The second-order valence-corrected chi connectivity index (χ2v) is 10.1. The van der Waals surface area contributed by atoms with Crippen LogP contribution in [0.25, 0.3) is 0 Å². The molecule has 3 aromatic carbocycles. The molecule has 1 atom stereocenters. The number of para-hydroxylation sites is 1. The lowest BCUT2D eigenvalue weighted by Crippen LogP contribution is -2.37. The van der Waals surface area contributed by atoms with Crippen LogP contribution >= 0.6 is 11.6 Å². The van der Waals surface area contributed by atoms with Crippen LogP contribution in [0.15, 0.2) is 77.7 Å². The third-order valence-corrected chi connectivity index (χ3v) is 7.32. The number of fused-ring (bicyclic) bond motifs is 1. The van der Waals surface area contributed by atoms with Crippen molar-refractivity contribution in [2.24, 2.45) is 0 Å². The van der Waals surface area contributed by atoms with Crippen LogP contribution in [0.5, 0.6) is 0 Å². The summed E-state index contributed by atoms with van der Waals surface area (Å²) in [4.78, 5) is 4.51. The Bertz CT molecular complexity index is 1160. The molecule has 0 spiro atoms. The van der Waals surface area contributed by atoms with Crippen LogP contribution in [0.1, 0.15) is 17.2 Å². The Balaban J connectivity index is 1.64. The molecule has 4 rings (SSSR count). The number of anilines is 2. The van der Waals surface area contributed by atoms with Gasteiger partial charge in [0, 0.05) is 43.6 Å². The number of rotatable bonds is 7. The summed E-state index contributed by atoms with van der Waals surface area (Å²) in [5.74, 6) is 0. The second kappa shape index (κ2) is 8.91. The molecular formula is C24H26ClN3O2S. The van der Waals surface area contributed by atoms with Crippen molar-refractivity contribution in [3.63, 3.8) is 0 Å². The normalized spacial score (nSPS) is 14.4. The number of nitrogens with zero attached hydrogens (tertiary/aromatic N) is 2. The van der Waals surface area contributed by atoms with E-state index in [0.29, 0.717) is 5.02 Å². The zero-order chi connectivity index (χ0) is 22.0. The summed E-state index contributed by atoms with van der Waals surface area (Å²) in [5, 5.41) is 0.396. The molecule has 0 saturated carbocycles. The Kier molecular flexibility index (Phi) is 6.23. The van der Waals surface area contributed by atoms with Crippen LogP contribution in [0.2, 0.25) is 5.02 Å². The fourth-order valence-electron chi connectivity index (χ4n) is 4.00. The van der Waals surface area contributed by atoms with Crippen LogP contribution in [0, 0.1) is 0 Å². The Morgan fingerprint density at radius 1 is 1.03 bits per heavy atom. The maximum absolute atomic E-state index is 12.9. The van der Waals surface area contributed by atoms with Gasteiger partial charge in [-0.15, -0.1) is 0 Å². The predicted molar refractivity (Wildman–Crippen MR) is 128 cm³/mol. The van der Waals surface area contributed by atoms with Gasteiger partial charge in [-0.1, -0.05) is 48.0 Å². The zero-order valence-electron chi connectivity index (χ0n) is 17.6. The Morgan fingerprint density at radius 2 is 1.77 bits per heavy atom. The third kappa shape index (κ3) is 4.71. The van der Waals surface area contributed by atoms with E-state index in [1.54, 1.807) is 18.2 Å². The number of hydrogen-bond donors (Lipinski definition) is 1. The summed E-state index contributed by atoms with van der Waals surface area (Å²) >= 11 is 6.01. The van der Waals surface area contributed by atoms with Crippen LogP contribution in [-0.2, 0) is 16.4 Å². The predicted octanol–water partition coefficient (Wildman–Crippen LogP) is 4.49. The monoisotopic (exact) mass is 455 g/mol. The van der Waals surface area contributed by atoms with Gasteiger partial charge in [-0.25, -0.2) is 13.1 Å². The van der Waals surface area contributed by atoms with Gasteiger partial charge >= 0.3 is 0 Å². The highest BCUT2D eigenvalue weighted by molar-refractivity contribution is 7.89. The van der Waals surface area contributed by atoms with Crippen molar-refractivity contribution in [1.29, 1.82) is 0 Å². The zero-order valence-corrected chi connectivity index (χ0v) is 19.2. The van der Waals surface area contributed by atoms with Gasteiger partial charge in [0.25, 0.3) is 0 Å². The summed E-state index contributed by atoms with van der Waals surface area (Å²) in [7, 11) is 0.321. The number of halogens is 1. The van der Waals surface area contributed by atoms with Gasteiger partial charge in [0.2, 0.25) is 10.0 Å². The summed E-state index contributed by atoms with van der Waals surface area (Å²) in [6, 6.07) is 22.8. The minimum atomic E-state index is -3.68. The van der Waals surface area contributed by atoms with Crippen molar-refractivity contribution < 1.29 is 8.42 Å². The first-order chi connectivity index (χ1) is 14.8. The third-order valence-electron chi connectivity index (χ3n) is 5.67. The average molecular weight is 456 g/mol. The van der Waals surface area contributed by atoms with Gasteiger partial charge in [0.05, 0.1) is 10.9 Å². The number of nitrogens with one attached hydrogen (secondary N) is 1. The molecule has 1 aliphatic rings. The standard InChI is InChI=1S/C24H26ClN3O2S/c1-27(2)21-12-10-19(11-13-21)24(28-15-14-18-6-3-4-9-23(18)28)17-26-31(29,30)22-8-5-7-20(25)16-22/h3-13,16,24,26H,14-15,17H2,1-2H3. The van der Waals surface area contributed by atoms with Crippen molar-refractivity contribution in [2.75, 3.05) is 37.0 Å². The maximum atomic E-state index is 12.9. The Hall–Kier alpha value is -2.54. The summed E-state index contributed by atoms with van der Waals surface area (Å²) in [6.07, 6.45) is 0.948. The molecule has 1 heterocycles. The average Bonchev–Trinajstić information content (AvgIpc) is 3.18. The minimum absolute atomic E-state index is 0.131. The van der Waals surface area contributed by atoms with Gasteiger partial charge in [0.15, 0.2) is 0 Å². The van der Waals surface area contributed by atoms with E-state index in [9.17, 15) is 8.42 Å². The molecule has 0 aromatic heterocycles. The van der Waals surface area contributed by atoms with E-state index in [-0.39, 0.29) is 17.5 Å². The summed E-state index contributed by atoms with van der Waals surface area (Å²) < 4.78 is 28.7. The fraction of sp³-hybridized carbons (Fsp3) is 0.250. The molecule has 0 amide bonds. The number of hydrogen-bond acceptors (Lipinski definition) is 4. The number of sulfonamides is 1.